The highest BCUT2D eigenvalue weighted by atomic mass is 79.9. The number of carbonyl (C=O) groups excluding carboxylic acids is 1. The molecule has 1 N–H and O–H groups in total. The van der Waals surface area contributed by atoms with E-state index in [-0.39, 0.29) is 4.47 Å². The van der Waals surface area contributed by atoms with Gasteiger partial charge in [-0.3, -0.25) is 0 Å². The maximum Gasteiger partial charge on any atom is 0.360 e. The van der Waals surface area contributed by atoms with Gasteiger partial charge in [-0.15, -0.1) is 0 Å². The highest BCUT2D eigenvalue weighted by molar-refractivity contribution is 9.10. The number of esters is 1. The second kappa shape index (κ2) is 4.52. The molecule has 82 valence electrons. The van der Waals surface area contributed by atoms with E-state index in [9.17, 15) is 18.7 Å². The number of ether oxygens (including phenoxy) is 1. The summed E-state index contributed by atoms with van der Waals surface area (Å²) in [6.07, 6.45) is -2.83. The summed E-state index contributed by atoms with van der Waals surface area (Å²) in [4.78, 5) is 14.3. The molecule has 0 fully saturated rings. The lowest BCUT2D eigenvalue weighted by Crippen LogP contribution is -2.07. The second-order valence-corrected chi connectivity index (χ2v) is 3.37. The minimum absolute atomic E-state index is 0.0341. The molecule has 0 amide bonds. The number of aromatic hydroxyl groups is 1. The van der Waals surface area contributed by atoms with E-state index in [1.807, 2.05) is 0 Å². The zero-order valence-electron chi connectivity index (χ0n) is 7.50. The van der Waals surface area contributed by atoms with Crippen LogP contribution >= 0.6 is 15.9 Å². The third-order valence-electron chi connectivity index (χ3n) is 1.57. The molecule has 0 aliphatic carbocycles. The van der Waals surface area contributed by atoms with Gasteiger partial charge < -0.3 is 9.84 Å². The van der Waals surface area contributed by atoms with Crippen LogP contribution in [0.4, 0.5) is 8.78 Å². The Kier molecular flexibility index (Phi) is 3.57. The fraction of sp³-hybridized carbons (Fsp3) is 0.250. The number of hydrogen-bond acceptors (Lipinski definition) is 4. The molecule has 0 aliphatic rings. The van der Waals surface area contributed by atoms with Crippen molar-refractivity contribution in [3.63, 3.8) is 0 Å². The summed E-state index contributed by atoms with van der Waals surface area (Å²) >= 11 is 2.83. The first-order valence-electron chi connectivity index (χ1n) is 3.73. The van der Waals surface area contributed by atoms with Crippen LogP contribution in [0.1, 0.15) is 22.6 Å². The van der Waals surface area contributed by atoms with Gasteiger partial charge in [0, 0.05) is 0 Å². The second-order valence-electron chi connectivity index (χ2n) is 2.52. The number of halogens is 3. The molecule has 0 aromatic carbocycles. The standard InChI is InChI=1S/C8H6BrF2NO3/c1-15-8(14)5-6(13)3(9)2-4(12-5)7(10)11/h2,7,13H,1H3. The van der Waals surface area contributed by atoms with Crippen LogP contribution in [0.25, 0.3) is 0 Å². The van der Waals surface area contributed by atoms with Crippen LogP contribution in [0.2, 0.25) is 0 Å². The summed E-state index contributed by atoms with van der Waals surface area (Å²) < 4.78 is 28.9. The van der Waals surface area contributed by atoms with Crippen molar-refractivity contribution >= 4 is 21.9 Å². The van der Waals surface area contributed by atoms with Crippen LogP contribution in [0, 0.1) is 0 Å². The van der Waals surface area contributed by atoms with Crippen molar-refractivity contribution in [2.75, 3.05) is 7.11 Å². The van der Waals surface area contributed by atoms with Gasteiger partial charge in [0.2, 0.25) is 0 Å². The predicted molar refractivity (Wildman–Crippen MR) is 49.9 cm³/mol. The number of rotatable bonds is 2. The summed E-state index contributed by atoms with van der Waals surface area (Å²) in [5, 5.41) is 9.35. The molecule has 0 unspecified atom stereocenters. The van der Waals surface area contributed by atoms with Crippen molar-refractivity contribution in [2.45, 2.75) is 6.43 Å². The van der Waals surface area contributed by atoms with Gasteiger partial charge in [-0.05, 0) is 22.0 Å². The molecule has 1 aromatic rings. The maximum absolute atomic E-state index is 12.3. The normalized spacial score (nSPS) is 10.5. The average Bonchev–Trinajstić information content (AvgIpc) is 2.20. The van der Waals surface area contributed by atoms with E-state index < -0.39 is 29.5 Å². The molecule has 0 bridgehead atoms. The Labute approximate surface area is 92.0 Å². The van der Waals surface area contributed by atoms with E-state index in [0.717, 1.165) is 13.2 Å². The Morgan fingerprint density at radius 3 is 2.73 bits per heavy atom. The molecule has 7 heteroatoms. The zero-order chi connectivity index (χ0) is 11.6. The highest BCUT2D eigenvalue weighted by Crippen LogP contribution is 2.30. The molecule has 0 radical (unpaired) electrons. The Bertz CT molecular complexity index is 398. The van der Waals surface area contributed by atoms with Crippen LogP contribution in [-0.4, -0.2) is 23.2 Å². The van der Waals surface area contributed by atoms with E-state index in [1.54, 1.807) is 0 Å². The number of alkyl halides is 2. The van der Waals surface area contributed by atoms with E-state index in [2.05, 4.69) is 25.7 Å². The lowest BCUT2D eigenvalue weighted by Gasteiger charge is -2.06. The molecule has 0 spiro atoms. The predicted octanol–water partition coefficient (Wildman–Crippen LogP) is 2.27. The molecule has 0 saturated heterocycles. The lowest BCUT2D eigenvalue weighted by atomic mass is 10.3. The van der Waals surface area contributed by atoms with Crippen molar-refractivity contribution in [3.05, 3.63) is 21.9 Å². The minimum atomic E-state index is -2.83. The molecule has 0 atom stereocenters. The molecule has 15 heavy (non-hydrogen) atoms. The van der Waals surface area contributed by atoms with Crippen LogP contribution in [0.15, 0.2) is 10.5 Å². The van der Waals surface area contributed by atoms with Gasteiger partial charge >= 0.3 is 5.97 Å². The smallest absolute Gasteiger partial charge is 0.360 e. The van der Waals surface area contributed by atoms with E-state index in [0.29, 0.717) is 0 Å². The fourth-order valence-electron chi connectivity index (χ4n) is 0.876. The first-order chi connectivity index (χ1) is 6.97. The van der Waals surface area contributed by atoms with Crippen molar-refractivity contribution in [1.82, 2.24) is 4.98 Å². The Balaban J connectivity index is 3.31. The van der Waals surface area contributed by atoms with Crippen molar-refractivity contribution in [3.8, 4) is 5.75 Å². The molecule has 1 rings (SSSR count). The third kappa shape index (κ3) is 2.41. The topological polar surface area (TPSA) is 59.4 Å². The van der Waals surface area contributed by atoms with Gasteiger partial charge in [-0.1, -0.05) is 0 Å². The SMILES string of the molecule is COC(=O)c1nc(C(F)F)cc(Br)c1O. The number of aromatic nitrogens is 1. The molecule has 0 aliphatic heterocycles. The zero-order valence-corrected chi connectivity index (χ0v) is 9.09. The third-order valence-corrected chi connectivity index (χ3v) is 2.17. The number of nitrogens with zero attached hydrogens (tertiary/aromatic N) is 1. The van der Waals surface area contributed by atoms with Gasteiger partial charge in [-0.25, -0.2) is 18.6 Å². The molecular formula is C8H6BrF2NO3. The van der Waals surface area contributed by atoms with E-state index in [4.69, 9.17) is 0 Å². The summed E-state index contributed by atoms with van der Waals surface area (Å²) in [6.45, 7) is 0. The van der Waals surface area contributed by atoms with Gasteiger partial charge in [-0.2, -0.15) is 0 Å². The van der Waals surface area contributed by atoms with Crippen LogP contribution < -0.4 is 0 Å². The van der Waals surface area contributed by atoms with E-state index in [1.165, 1.54) is 0 Å². The van der Waals surface area contributed by atoms with Gasteiger partial charge in [0.05, 0.1) is 11.6 Å². The van der Waals surface area contributed by atoms with Crippen LogP contribution in [0.5, 0.6) is 5.75 Å². The quantitative estimate of drug-likeness (QED) is 0.845. The summed E-state index contributed by atoms with van der Waals surface area (Å²) in [7, 11) is 1.06. The lowest BCUT2D eigenvalue weighted by molar-refractivity contribution is 0.0588. The van der Waals surface area contributed by atoms with Crippen LogP contribution in [0.3, 0.4) is 0 Å². The first-order valence-corrected chi connectivity index (χ1v) is 4.52. The Hall–Kier alpha value is -1.24. The molecule has 4 nitrogen and oxygen atoms in total. The monoisotopic (exact) mass is 281 g/mol. The fourth-order valence-corrected chi connectivity index (χ4v) is 1.30. The number of pyridine rings is 1. The minimum Gasteiger partial charge on any atom is -0.504 e. The van der Waals surface area contributed by atoms with Crippen molar-refractivity contribution in [1.29, 1.82) is 0 Å². The molecule has 1 heterocycles. The Morgan fingerprint density at radius 2 is 2.27 bits per heavy atom. The van der Waals surface area contributed by atoms with Gasteiger partial charge in [0.1, 0.15) is 5.69 Å². The number of carbonyl (C=O) groups is 1. The number of hydrogen-bond donors (Lipinski definition) is 1. The first kappa shape index (κ1) is 11.8. The molecular weight excluding hydrogens is 276 g/mol. The van der Waals surface area contributed by atoms with Crippen molar-refractivity contribution in [2.24, 2.45) is 0 Å². The molecule has 1 aromatic heterocycles. The average molecular weight is 282 g/mol. The van der Waals surface area contributed by atoms with Crippen LogP contribution in [-0.2, 0) is 4.74 Å². The Morgan fingerprint density at radius 1 is 1.67 bits per heavy atom. The van der Waals surface area contributed by atoms with Crippen molar-refractivity contribution < 1.29 is 23.4 Å². The molecule has 0 saturated carbocycles. The summed E-state index contributed by atoms with van der Waals surface area (Å²) in [6, 6.07) is 0.937. The van der Waals surface area contributed by atoms with Gasteiger partial charge in [0.25, 0.3) is 6.43 Å². The van der Waals surface area contributed by atoms with Gasteiger partial charge in [0.15, 0.2) is 11.4 Å². The maximum atomic E-state index is 12.3. The highest BCUT2D eigenvalue weighted by Gasteiger charge is 2.21. The largest absolute Gasteiger partial charge is 0.504 e. The summed E-state index contributed by atoms with van der Waals surface area (Å²) in [5.41, 5.74) is -1.15. The summed E-state index contributed by atoms with van der Waals surface area (Å²) in [5.74, 6) is -1.50. The van der Waals surface area contributed by atoms with E-state index >= 15 is 0 Å². The number of methoxy groups -OCH3 is 1.